The molecule has 7 heteroatoms. The smallest absolute Gasteiger partial charge is 0.228 e. The minimum atomic E-state index is -0.258. The Morgan fingerprint density at radius 3 is 2.77 bits per heavy atom. The molecule has 1 aromatic heterocycles. The van der Waals surface area contributed by atoms with Crippen LogP contribution < -0.4 is 5.32 Å². The van der Waals surface area contributed by atoms with E-state index in [9.17, 15) is 4.79 Å². The maximum absolute atomic E-state index is 12.6. The van der Waals surface area contributed by atoms with Gasteiger partial charge in [-0.25, -0.2) is 0 Å². The summed E-state index contributed by atoms with van der Waals surface area (Å²) in [5.41, 5.74) is 0.912. The zero-order chi connectivity index (χ0) is 16.3. The number of aromatic amines is 1. The first-order valence-corrected chi connectivity index (χ1v) is 7.82. The fourth-order valence-corrected chi connectivity index (χ4v) is 2.70. The SMILES string of the molecule is CC(C)[C@H](C(=O)NCc1n[nH]c(=S)n1C)c1cccc(Cl)c1. The number of H-pyrrole nitrogens is 1. The van der Waals surface area contributed by atoms with Crippen molar-refractivity contribution in [2.24, 2.45) is 13.0 Å². The first-order chi connectivity index (χ1) is 10.4. The van der Waals surface area contributed by atoms with Crippen molar-refractivity contribution in [3.05, 3.63) is 45.4 Å². The number of benzene rings is 1. The predicted octanol–water partition coefficient (Wildman–Crippen LogP) is 3.19. The lowest BCUT2D eigenvalue weighted by atomic mass is 9.87. The predicted molar refractivity (Wildman–Crippen MR) is 89.3 cm³/mol. The summed E-state index contributed by atoms with van der Waals surface area (Å²) in [6, 6.07) is 7.42. The second kappa shape index (κ2) is 7.07. The Morgan fingerprint density at radius 2 is 2.23 bits per heavy atom. The van der Waals surface area contributed by atoms with Crippen LogP contribution in [0.2, 0.25) is 5.02 Å². The van der Waals surface area contributed by atoms with Crippen molar-refractivity contribution >= 4 is 29.7 Å². The minimum Gasteiger partial charge on any atom is -0.348 e. The Kier molecular flexibility index (Phi) is 5.37. The second-order valence-corrected chi connectivity index (χ2v) is 6.32. The van der Waals surface area contributed by atoms with E-state index in [-0.39, 0.29) is 17.7 Å². The van der Waals surface area contributed by atoms with Gasteiger partial charge in [0.25, 0.3) is 0 Å². The van der Waals surface area contributed by atoms with Crippen LogP contribution in [0.25, 0.3) is 0 Å². The third-order valence-corrected chi connectivity index (χ3v) is 4.15. The van der Waals surface area contributed by atoms with Gasteiger partial charge in [0.1, 0.15) is 0 Å². The van der Waals surface area contributed by atoms with E-state index in [1.807, 2.05) is 39.1 Å². The zero-order valence-electron chi connectivity index (χ0n) is 12.8. The first-order valence-electron chi connectivity index (χ1n) is 7.03. The molecule has 1 heterocycles. The molecule has 0 spiro atoms. The molecular weight excluding hydrogens is 320 g/mol. The number of carbonyl (C=O) groups is 1. The minimum absolute atomic E-state index is 0.0498. The molecule has 0 bridgehead atoms. The number of rotatable bonds is 5. The van der Waals surface area contributed by atoms with Crippen molar-refractivity contribution in [1.29, 1.82) is 0 Å². The molecule has 0 fully saturated rings. The van der Waals surface area contributed by atoms with Gasteiger partial charge in [-0.15, -0.1) is 0 Å². The number of halogens is 1. The van der Waals surface area contributed by atoms with Gasteiger partial charge in [0, 0.05) is 12.1 Å². The number of hydrogen-bond acceptors (Lipinski definition) is 3. The molecule has 22 heavy (non-hydrogen) atoms. The molecule has 0 aliphatic heterocycles. The van der Waals surface area contributed by atoms with E-state index in [4.69, 9.17) is 23.8 Å². The van der Waals surface area contributed by atoms with Crippen LogP contribution in [-0.4, -0.2) is 20.7 Å². The Hall–Kier alpha value is -1.66. The molecule has 0 saturated carbocycles. The lowest BCUT2D eigenvalue weighted by molar-refractivity contribution is -0.123. The average molecular weight is 339 g/mol. The maximum Gasteiger partial charge on any atom is 0.228 e. The number of aromatic nitrogens is 3. The molecule has 0 aliphatic carbocycles. The average Bonchev–Trinajstić information content (AvgIpc) is 2.76. The van der Waals surface area contributed by atoms with Gasteiger partial charge in [-0.3, -0.25) is 9.89 Å². The highest BCUT2D eigenvalue weighted by Gasteiger charge is 2.24. The topological polar surface area (TPSA) is 62.7 Å². The van der Waals surface area contributed by atoms with Crippen LogP contribution in [0.15, 0.2) is 24.3 Å². The van der Waals surface area contributed by atoms with Gasteiger partial charge >= 0.3 is 0 Å². The summed E-state index contributed by atoms with van der Waals surface area (Å²) in [5, 5.41) is 10.3. The van der Waals surface area contributed by atoms with E-state index in [2.05, 4.69) is 15.5 Å². The fraction of sp³-hybridized carbons (Fsp3) is 0.400. The molecule has 2 aromatic rings. The first kappa shape index (κ1) is 16.7. The Balaban J connectivity index is 2.14. The molecular formula is C15H19ClN4OS. The van der Waals surface area contributed by atoms with Gasteiger partial charge in [0.2, 0.25) is 5.91 Å². The Morgan fingerprint density at radius 1 is 1.50 bits per heavy atom. The summed E-state index contributed by atoms with van der Waals surface area (Å²) in [5.74, 6) is 0.532. The van der Waals surface area contributed by atoms with Crippen molar-refractivity contribution in [3.8, 4) is 0 Å². The Labute approximate surface area is 139 Å². The van der Waals surface area contributed by atoms with E-state index >= 15 is 0 Å². The molecule has 2 rings (SSSR count). The van der Waals surface area contributed by atoms with E-state index in [0.29, 0.717) is 22.2 Å². The van der Waals surface area contributed by atoms with Gasteiger partial charge in [-0.05, 0) is 35.8 Å². The van der Waals surface area contributed by atoms with Crippen LogP contribution in [0, 0.1) is 10.7 Å². The van der Waals surface area contributed by atoms with Crippen LogP contribution in [0.4, 0.5) is 0 Å². The highest BCUT2D eigenvalue weighted by atomic mass is 35.5. The van der Waals surface area contributed by atoms with Crippen molar-refractivity contribution in [2.75, 3.05) is 0 Å². The van der Waals surface area contributed by atoms with Crippen LogP contribution in [0.1, 0.15) is 31.2 Å². The van der Waals surface area contributed by atoms with E-state index in [1.54, 1.807) is 10.6 Å². The quantitative estimate of drug-likeness (QED) is 0.823. The van der Waals surface area contributed by atoms with Gasteiger partial charge in [-0.2, -0.15) is 5.10 Å². The van der Waals surface area contributed by atoms with Crippen LogP contribution in [0.5, 0.6) is 0 Å². The van der Waals surface area contributed by atoms with E-state index in [1.165, 1.54) is 0 Å². The van der Waals surface area contributed by atoms with E-state index in [0.717, 1.165) is 5.56 Å². The second-order valence-electron chi connectivity index (χ2n) is 5.50. The number of carbonyl (C=O) groups excluding carboxylic acids is 1. The molecule has 2 N–H and O–H groups in total. The third kappa shape index (κ3) is 3.75. The maximum atomic E-state index is 12.6. The molecule has 118 valence electrons. The standard InChI is InChI=1S/C15H19ClN4OS/c1-9(2)13(10-5-4-6-11(16)7-10)14(21)17-8-12-18-19-15(22)20(12)3/h4-7,9,13H,8H2,1-3H3,(H,17,21)(H,19,22)/t13-/m0/s1. The fourth-order valence-electron chi connectivity index (χ4n) is 2.35. The molecule has 5 nitrogen and oxygen atoms in total. The highest BCUT2D eigenvalue weighted by Crippen LogP contribution is 2.26. The van der Waals surface area contributed by atoms with Crippen molar-refractivity contribution in [3.63, 3.8) is 0 Å². The van der Waals surface area contributed by atoms with Gasteiger partial charge in [0.15, 0.2) is 10.6 Å². The number of nitrogens with zero attached hydrogens (tertiary/aromatic N) is 2. The molecule has 1 aromatic carbocycles. The van der Waals surface area contributed by atoms with Crippen molar-refractivity contribution in [1.82, 2.24) is 20.1 Å². The summed E-state index contributed by atoms with van der Waals surface area (Å²) < 4.78 is 2.26. The number of nitrogens with one attached hydrogen (secondary N) is 2. The normalized spacial score (nSPS) is 12.4. The highest BCUT2D eigenvalue weighted by molar-refractivity contribution is 7.71. The molecule has 1 amide bonds. The number of hydrogen-bond donors (Lipinski definition) is 2. The van der Waals surface area contributed by atoms with Crippen molar-refractivity contribution < 1.29 is 4.79 Å². The van der Waals surface area contributed by atoms with Crippen LogP contribution in [-0.2, 0) is 18.4 Å². The van der Waals surface area contributed by atoms with Crippen LogP contribution >= 0.6 is 23.8 Å². The third-order valence-electron chi connectivity index (χ3n) is 3.55. The number of amides is 1. The summed E-state index contributed by atoms with van der Waals surface area (Å²) in [6.45, 7) is 4.36. The lowest BCUT2D eigenvalue weighted by Crippen LogP contribution is -2.32. The zero-order valence-corrected chi connectivity index (χ0v) is 14.3. The summed E-state index contributed by atoms with van der Waals surface area (Å²) in [6.07, 6.45) is 0. The van der Waals surface area contributed by atoms with Gasteiger partial charge in [0.05, 0.1) is 12.5 Å². The summed E-state index contributed by atoms with van der Waals surface area (Å²) >= 11 is 11.1. The van der Waals surface area contributed by atoms with E-state index < -0.39 is 0 Å². The van der Waals surface area contributed by atoms with Gasteiger partial charge < -0.3 is 9.88 Å². The van der Waals surface area contributed by atoms with Crippen molar-refractivity contribution in [2.45, 2.75) is 26.3 Å². The molecule has 0 saturated heterocycles. The van der Waals surface area contributed by atoms with Gasteiger partial charge in [-0.1, -0.05) is 37.6 Å². The molecule has 0 unspecified atom stereocenters. The summed E-state index contributed by atoms with van der Waals surface area (Å²) in [4.78, 5) is 12.6. The largest absolute Gasteiger partial charge is 0.348 e. The monoisotopic (exact) mass is 338 g/mol. The summed E-state index contributed by atoms with van der Waals surface area (Å²) in [7, 11) is 1.81. The van der Waals surface area contributed by atoms with Crippen LogP contribution in [0.3, 0.4) is 0 Å². The molecule has 0 radical (unpaired) electrons. The Bertz CT molecular complexity index is 722. The molecule has 0 aliphatic rings. The lowest BCUT2D eigenvalue weighted by Gasteiger charge is -2.20. The molecule has 1 atom stereocenters.